The number of aryl methyl sites for hydroxylation is 1. The summed E-state index contributed by atoms with van der Waals surface area (Å²) in [5, 5.41) is 9.23. The van der Waals surface area contributed by atoms with Crippen LogP contribution in [0.2, 0.25) is 0 Å². The Morgan fingerprint density at radius 2 is 1.27 bits per heavy atom. The van der Waals surface area contributed by atoms with Gasteiger partial charge in [0.1, 0.15) is 0 Å². The number of carboxylic acid groups (broad SMARTS) is 1. The minimum absolute atomic E-state index is 0.00289. The van der Waals surface area contributed by atoms with Crippen molar-refractivity contribution in [2.45, 2.75) is 42.0 Å². The van der Waals surface area contributed by atoms with E-state index in [0.717, 1.165) is 24.3 Å². The third-order valence-electron chi connectivity index (χ3n) is 6.79. The molecule has 0 aliphatic rings. The lowest BCUT2D eigenvalue weighted by molar-refractivity contribution is -0.137. The Balaban J connectivity index is 1.81. The summed E-state index contributed by atoms with van der Waals surface area (Å²) in [6.07, 6.45) is 1.46. The predicted molar refractivity (Wildman–Crippen MR) is 147 cm³/mol. The van der Waals surface area contributed by atoms with E-state index in [4.69, 9.17) is 5.11 Å². The van der Waals surface area contributed by atoms with Gasteiger partial charge in [-0.15, -0.1) is 0 Å². The van der Waals surface area contributed by atoms with E-state index in [9.17, 15) is 40.3 Å². The third-order valence-corrected chi connectivity index (χ3v) is 8.49. The fraction of sp³-hybridized carbons (Fsp3) is 0.192. The molecule has 0 radical (unpaired) electrons. The number of aromatic amines is 1. The standard InChI is InChI=1S/C26H22N2O10S2/c29-24(30)4-2-1-3-9-28-22-8-6-15(40(36,37)38)11-18(22)26(32)19-12-21-17(13-23(19)28)25(31)16-10-14(39(33,34)35)5-7-20(16)27-21/h5-8,10-13H,1-4,9H2,(H,27,31)(H,29,30)(H,33,34,35)(H,36,37,38). The van der Waals surface area contributed by atoms with Gasteiger partial charge in [-0.2, -0.15) is 16.8 Å². The van der Waals surface area contributed by atoms with Crippen LogP contribution in [-0.2, 0) is 31.6 Å². The van der Waals surface area contributed by atoms with Gasteiger partial charge < -0.3 is 14.7 Å². The number of aliphatic carboxylic acids is 1. The molecule has 208 valence electrons. The molecule has 0 bridgehead atoms. The first-order chi connectivity index (χ1) is 18.8. The van der Waals surface area contributed by atoms with Crippen molar-refractivity contribution in [1.82, 2.24) is 9.55 Å². The van der Waals surface area contributed by atoms with Crippen LogP contribution < -0.4 is 10.9 Å². The SMILES string of the molecule is O=C(O)CCCCCn1c2ccc(S(=O)(=O)O)cc2c(=O)c2cc3[nH]c4ccc(S(=O)(=O)O)cc4c(=O)c3cc21. The molecule has 12 nitrogen and oxygen atoms in total. The van der Waals surface area contributed by atoms with E-state index in [1.807, 2.05) is 0 Å². The van der Waals surface area contributed by atoms with Gasteiger partial charge in [-0.3, -0.25) is 23.5 Å². The lowest BCUT2D eigenvalue weighted by Gasteiger charge is -2.16. The largest absolute Gasteiger partial charge is 0.481 e. The zero-order valence-corrected chi connectivity index (χ0v) is 22.3. The van der Waals surface area contributed by atoms with Crippen LogP contribution in [0.25, 0.3) is 43.6 Å². The van der Waals surface area contributed by atoms with Crippen molar-refractivity contribution in [1.29, 1.82) is 0 Å². The number of rotatable bonds is 8. The smallest absolute Gasteiger partial charge is 0.303 e. The topological polar surface area (TPSA) is 201 Å². The van der Waals surface area contributed by atoms with Crippen molar-refractivity contribution in [3.8, 4) is 0 Å². The molecule has 14 heteroatoms. The molecule has 0 atom stereocenters. The quantitative estimate of drug-likeness (QED) is 0.119. The van der Waals surface area contributed by atoms with E-state index in [2.05, 4.69) is 4.98 Å². The fourth-order valence-electron chi connectivity index (χ4n) is 4.89. The molecule has 2 heterocycles. The minimum Gasteiger partial charge on any atom is -0.481 e. The molecule has 0 spiro atoms. The molecule has 0 aliphatic carbocycles. The average Bonchev–Trinajstić information content (AvgIpc) is 2.88. The van der Waals surface area contributed by atoms with Crippen molar-refractivity contribution in [3.63, 3.8) is 0 Å². The van der Waals surface area contributed by atoms with Crippen LogP contribution in [0.3, 0.4) is 0 Å². The number of aromatic nitrogens is 2. The Labute approximate surface area is 226 Å². The predicted octanol–water partition coefficient (Wildman–Crippen LogP) is 3.29. The van der Waals surface area contributed by atoms with Gasteiger partial charge in [0.2, 0.25) is 0 Å². The fourth-order valence-corrected chi connectivity index (χ4v) is 5.90. The monoisotopic (exact) mass is 586 g/mol. The van der Waals surface area contributed by atoms with E-state index in [1.165, 1.54) is 24.3 Å². The molecule has 5 rings (SSSR count). The maximum atomic E-state index is 13.6. The molecular formula is C26H22N2O10S2. The van der Waals surface area contributed by atoms with Gasteiger partial charge in [0.05, 0.1) is 26.3 Å². The second-order valence-corrected chi connectivity index (χ2v) is 12.2. The molecule has 0 amide bonds. The van der Waals surface area contributed by atoms with Gasteiger partial charge >= 0.3 is 5.97 Å². The normalized spacial score (nSPS) is 12.6. The first kappa shape index (κ1) is 27.5. The Kier molecular flexibility index (Phi) is 6.74. The highest BCUT2D eigenvalue weighted by Crippen LogP contribution is 2.27. The highest BCUT2D eigenvalue weighted by atomic mass is 32.2. The summed E-state index contributed by atoms with van der Waals surface area (Å²) in [4.78, 5) is 40.0. The molecule has 5 aromatic rings. The van der Waals surface area contributed by atoms with Crippen molar-refractivity contribution in [3.05, 3.63) is 69.0 Å². The summed E-state index contributed by atoms with van der Waals surface area (Å²) >= 11 is 0. The summed E-state index contributed by atoms with van der Waals surface area (Å²) < 4.78 is 67.4. The van der Waals surface area contributed by atoms with Crippen LogP contribution in [0.5, 0.6) is 0 Å². The Morgan fingerprint density at radius 3 is 1.93 bits per heavy atom. The number of hydrogen-bond donors (Lipinski definition) is 4. The van der Waals surface area contributed by atoms with Crippen LogP contribution in [0, 0.1) is 0 Å². The maximum Gasteiger partial charge on any atom is 0.303 e. The van der Waals surface area contributed by atoms with Crippen LogP contribution in [0.4, 0.5) is 0 Å². The summed E-state index contributed by atoms with van der Waals surface area (Å²) in [5.41, 5.74) is 0.130. The second kappa shape index (κ2) is 9.82. The maximum absolute atomic E-state index is 13.6. The van der Waals surface area contributed by atoms with Gasteiger partial charge in [0.15, 0.2) is 10.9 Å². The van der Waals surface area contributed by atoms with E-state index >= 15 is 0 Å². The van der Waals surface area contributed by atoms with Crippen molar-refractivity contribution in [2.75, 3.05) is 0 Å². The van der Waals surface area contributed by atoms with Crippen LogP contribution in [-0.4, -0.2) is 46.6 Å². The summed E-state index contributed by atoms with van der Waals surface area (Å²) in [6, 6.07) is 10.0. The van der Waals surface area contributed by atoms with E-state index in [1.54, 1.807) is 4.57 Å². The second-order valence-electron chi connectivity index (χ2n) is 9.39. The summed E-state index contributed by atoms with van der Waals surface area (Å²) in [7, 11) is -9.17. The van der Waals surface area contributed by atoms with E-state index in [0.29, 0.717) is 36.8 Å². The van der Waals surface area contributed by atoms with Crippen LogP contribution in [0.1, 0.15) is 25.7 Å². The lowest BCUT2D eigenvalue weighted by Crippen LogP contribution is -2.14. The zero-order valence-electron chi connectivity index (χ0n) is 20.6. The van der Waals surface area contributed by atoms with Gasteiger partial charge in [0, 0.05) is 40.0 Å². The van der Waals surface area contributed by atoms with Gasteiger partial charge in [0.25, 0.3) is 20.2 Å². The molecule has 2 aromatic heterocycles. The van der Waals surface area contributed by atoms with Crippen molar-refractivity contribution < 1.29 is 35.8 Å². The van der Waals surface area contributed by atoms with E-state index < -0.39 is 46.9 Å². The minimum atomic E-state index is -4.60. The number of nitrogens with one attached hydrogen (secondary N) is 1. The van der Waals surface area contributed by atoms with E-state index in [-0.39, 0.29) is 39.0 Å². The molecule has 3 aromatic carbocycles. The molecule has 0 saturated carbocycles. The summed E-state index contributed by atoms with van der Waals surface area (Å²) in [5.74, 6) is -0.924. The third kappa shape index (κ3) is 4.97. The first-order valence-corrected chi connectivity index (χ1v) is 14.9. The zero-order chi connectivity index (χ0) is 29.0. The molecule has 0 fully saturated rings. The number of nitrogens with zero attached hydrogens (tertiary/aromatic N) is 1. The number of benzene rings is 3. The molecule has 0 unspecified atom stereocenters. The highest BCUT2D eigenvalue weighted by Gasteiger charge is 2.18. The summed E-state index contributed by atoms with van der Waals surface area (Å²) in [6.45, 7) is 0.294. The average molecular weight is 587 g/mol. The number of H-pyrrole nitrogens is 1. The Morgan fingerprint density at radius 1 is 0.700 bits per heavy atom. The molecular weight excluding hydrogens is 564 g/mol. The number of hydrogen-bond acceptors (Lipinski definition) is 7. The number of fused-ring (bicyclic) bond motifs is 4. The first-order valence-electron chi connectivity index (χ1n) is 12.0. The number of carbonyl (C=O) groups is 1. The molecule has 40 heavy (non-hydrogen) atoms. The van der Waals surface area contributed by atoms with Crippen LogP contribution in [0.15, 0.2) is 67.9 Å². The Bertz CT molecular complexity index is 2220. The van der Waals surface area contributed by atoms with Gasteiger partial charge in [-0.1, -0.05) is 6.42 Å². The molecule has 0 saturated heterocycles. The molecule has 4 N–H and O–H groups in total. The molecule has 0 aliphatic heterocycles. The van der Waals surface area contributed by atoms with Crippen LogP contribution >= 0.6 is 0 Å². The number of carboxylic acids is 1. The lowest BCUT2D eigenvalue weighted by atomic mass is 10.0. The Hall–Kier alpha value is -4.11. The van der Waals surface area contributed by atoms with Gasteiger partial charge in [-0.25, -0.2) is 0 Å². The highest BCUT2D eigenvalue weighted by molar-refractivity contribution is 7.86. The van der Waals surface area contributed by atoms with Crippen molar-refractivity contribution in [2.24, 2.45) is 0 Å². The number of unbranched alkanes of at least 4 members (excludes halogenated alkanes) is 2. The number of pyridine rings is 2. The van der Waals surface area contributed by atoms with Gasteiger partial charge in [-0.05, 0) is 61.4 Å². The van der Waals surface area contributed by atoms with Crippen molar-refractivity contribution >= 4 is 69.8 Å².